The molecule has 7 heteroatoms. The van der Waals surface area contributed by atoms with Crippen molar-refractivity contribution in [1.29, 1.82) is 0 Å². The van der Waals surface area contributed by atoms with E-state index in [2.05, 4.69) is 5.32 Å². The van der Waals surface area contributed by atoms with Crippen LogP contribution in [0.1, 0.15) is 13.8 Å². The molecule has 0 atom stereocenters. The maximum absolute atomic E-state index is 12.6. The molecule has 1 amide bonds. The summed E-state index contributed by atoms with van der Waals surface area (Å²) in [6.45, 7) is 3.94. The first-order valence-corrected chi connectivity index (χ1v) is 9.50. The topological polar surface area (TPSA) is 75.7 Å². The van der Waals surface area contributed by atoms with E-state index in [1.165, 1.54) is 12.1 Å². The minimum atomic E-state index is -3.72. The third kappa shape index (κ3) is 4.80. The van der Waals surface area contributed by atoms with E-state index in [1.54, 1.807) is 49.4 Å². The van der Waals surface area contributed by atoms with Gasteiger partial charge in [0.1, 0.15) is 5.75 Å². The van der Waals surface area contributed by atoms with Crippen molar-refractivity contribution in [2.75, 3.05) is 25.0 Å². The molecule has 0 aliphatic carbocycles. The van der Waals surface area contributed by atoms with Gasteiger partial charge in [0.25, 0.3) is 0 Å². The van der Waals surface area contributed by atoms with Crippen LogP contribution in [0.2, 0.25) is 0 Å². The summed E-state index contributed by atoms with van der Waals surface area (Å²) >= 11 is 0. The van der Waals surface area contributed by atoms with Crippen molar-refractivity contribution in [3.8, 4) is 5.75 Å². The van der Waals surface area contributed by atoms with Crippen LogP contribution in [0, 0.1) is 0 Å². The Morgan fingerprint density at radius 2 is 1.68 bits per heavy atom. The molecular formula is C18H22N2O4S. The first-order chi connectivity index (χ1) is 12.0. The highest BCUT2D eigenvalue weighted by molar-refractivity contribution is 7.89. The van der Waals surface area contributed by atoms with Crippen molar-refractivity contribution >= 4 is 21.6 Å². The Morgan fingerprint density at radius 1 is 1.04 bits per heavy atom. The summed E-state index contributed by atoms with van der Waals surface area (Å²) in [5, 5.41) is 2.71. The molecule has 0 aliphatic heterocycles. The number of likely N-dealkylation sites (N-methyl/N-ethyl adjacent to an activating group) is 1. The van der Waals surface area contributed by atoms with Crippen molar-refractivity contribution in [2.45, 2.75) is 18.7 Å². The molecule has 6 nitrogen and oxygen atoms in total. The summed E-state index contributed by atoms with van der Waals surface area (Å²) in [6, 6.07) is 15.1. The first-order valence-electron chi connectivity index (χ1n) is 8.06. The van der Waals surface area contributed by atoms with Crippen LogP contribution in [-0.2, 0) is 14.8 Å². The maximum atomic E-state index is 12.6. The van der Waals surface area contributed by atoms with Crippen LogP contribution < -0.4 is 10.1 Å². The van der Waals surface area contributed by atoms with Crippen LogP contribution in [0.3, 0.4) is 0 Å². The van der Waals surface area contributed by atoms with Gasteiger partial charge in [-0.15, -0.1) is 0 Å². The Morgan fingerprint density at radius 3 is 2.32 bits per heavy atom. The minimum absolute atomic E-state index is 0.166. The van der Waals surface area contributed by atoms with Gasteiger partial charge in [0, 0.05) is 6.54 Å². The van der Waals surface area contributed by atoms with E-state index in [4.69, 9.17) is 4.74 Å². The van der Waals surface area contributed by atoms with Crippen LogP contribution in [0.5, 0.6) is 5.75 Å². The van der Waals surface area contributed by atoms with E-state index in [-0.39, 0.29) is 18.0 Å². The van der Waals surface area contributed by atoms with Gasteiger partial charge in [-0.05, 0) is 31.2 Å². The van der Waals surface area contributed by atoms with Crippen LogP contribution in [0.4, 0.5) is 5.69 Å². The monoisotopic (exact) mass is 362 g/mol. The molecule has 0 saturated heterocycles. The third-order valence-electron chi connectivity index (χ3n) is 3.51. The zero-order valence-corrected chi connectivity index (χ0v) is 15.1. The highest BCUT2D eigenvalue weighted by atomic mass is 32.2. The summed E-state index contributed by atoms with van der Waals surface area (Å²) in [6.07, 6.45) is 0. The SMILES string of the molecule is CCOc1ccccc1NC(=O)CN(CC)S(=O)(=O)c1ccccc1. The van der Waals surface area contributed by atoms with Gasteiger partial charge in [0.2, 0.25) is 15.9 Å². The maximum Gasteiger partial charge on any atom is 0.243 e. The molecule has 0 unspecified atom stereocenters. The lowest BCUT2D eigenvalue weighted by molar-refractivity contribution is -0.116. The van der Waals surface area contributed by atoms with Crippen molar-refractivity contribution in [3.05, 3.63) is 54.6 Å². The number of sulfonamides is 1. The summed E-state index contributed by atoms with van der Waals surface area (Å²) in [7, 11) is -3.72. The van der Waals surface area contributed by atoms with Crippen LogP contribution in [0.15, 0.2) is 59.5 Å². The molecule has 134 valence electrons. The number of rotatable bonds is 8. The lowest BCUT2D eigenvalue weighted by Crippen LogP contribution is -2.37. The van der Waals surface area contributed by atoms with Gasteiger partial charge in [0.05, 0.1) is 23.7 Å². The number of benzene rings is 2. The fourth-order valence-corrected chi connectivity index (χ4v) is 3.74. The number of hydrogen-bond donors (Lipinski definition) is 1. The second kappa shape index (κ2) is 8.64. The van der Waals surface area contributed by atoms with E-state index in [0.717, 1.165) is 4.31 Å². The van der Waals surface area contributed by atoms with E-state index < -0.39 is 15.9 Å². The molecule has 2 rings (SSSR count). The average molecular weight is 362 g/mol. The second-order valence-corrected chi connectivity index (χ2v) is 7.16. The van der Waals surface area contributed by atoms with Gasteiger partial charge in [-0.25, -0.2) is 8.42 Å². The lowest BCUT2D eigenvalue weighted by Gasteiger charge is -2.20. The number of para-hydroxylation sites is 2. The molecule has 0 fully saturated rings. The van der Waals surface area contributed by atoms with Gasteiger partial charge >= 0.3 is 0 Å². The number of amides is 1. The smallest absolute Gasteiger partial charge is 0.243 e. The van der Waals surface area contributed by atoms with E-state index >= 15 is 0 Å². The first kappa shape index (κ1) is 19.0. The molecule has 0 heterocycles. The Hall–Kier alpha value is -2.38. The molecule has 1 N–H and O–H groups in total. The molecule has 0 radical (unpaired) electrons. The van der Waals surface area contributed by atoms with E-state index in [9.17, 15) is 13.2 Å². The summed E-state index contributed by atoms with van der Waals surface area (Å²) in [5.41, 5.74) is 0.516. The number of carbonyl (C=O) groups excluding carboxylic acids is 1. The standard InChI is InChI=1S/C18H22N2O4S/c1-3-20(25(22,23)15-10-6-5-7-11-15)14-18(21)19-16-12-8-9-13-17(16)24-4-2/h5-13H,3-4,14H2,1-2H3,(H,19,21). The quantitative estimate of drug-likeness (QED) is 0.783. The molecule has 0 saturated carbocycles. The predicted octanol–water partition coefficient (Wildman–Crippen LogP) is 2.73. The molecular weight excluding hydrogens is 340 g/mol. The fraction of sp³-hybridized carbons (Fsp3) is 0.278. The summed E-state index contributed by atoms with van der Waals surface area (Å²) in [5.74, 6) is 0.126. The number of carbonyl (C=O) groups is 1. The van der Waals surface area contributed by atoms with Gasteiger partial charge in [0.15, 0.2) is 0 Å². The Kier molecular flexibility index (Phi) is 6.55. The molecule has 25 heavy (non-hydrogen) atoms. The second-order valence-electron chi connectivity index (χ2n) is 5.22. The number of ether oxygens (including phenoxy) is 1. The zero-order valence-electron chi connectivity index (χ0n) is 14.3. The average Bonchev–Trinajstić information content (AvgIpc) is 2.62. The molecule has 2 aromatic carbocycles. The Bertz CT molecular complexity index is 807. The lowest BCUT2D eigenvalue weighted by atomic mass is 10.3. The highest BCUT2D eigenvalue weighted by Gasteiger charge is 2.25. The van der Waals surface area contributed by atoms with Gasteiger partial charge in [-0.1, -0.05) is 37.3 Å². The van der Waals surface area contributed by atoms with Gasteiger partial charge < -0.3 is 10.1 Å². The Balaban J connectivity index is 2.13. The van der Waals surface area contributed by atoms with Crippen molar-refractivity contribution in [3.63, 3.8) is 0 Å². The number of hydrogen-bond acceptors (Lipinski definition) is 4. The van der Waals surface area contributed by atoms with Gasteiger partial charge in [-0.2, -0.15) is 4.31 Å². The third-order valence-corrected chi connectivity index (χ3v) is 5.45. The van der Waals surface area contributed by atoms with E-state index in [1.807, 2.05) is 6.92 Å². The van der Waals surface area contributed by atoms with E-state index in [0.29, 0.717) is 18.0 Å². The van der Waals surface area contributed by atoms with Crippen molar-refractivity contribution < 1.29 is 17.9 Å². The largest absolute Gasteiger partial charge is 0.492 e. The van der Waals surface area contributed by atoms with Crippen LogP contribution in [0.25, 0.3) is 0 Å². The zero-order chi connectivity index (χ0) is 18.3. The molecule has 0 aliphatic rings. The molecule has 0 bridgehead atoms. The number of nitrogens with zero attached hydrogens (tertiary/aromatic N) is 1. The Labute approximate surface area is 148 Å². The van der Waals surface area contributed by atoms with Crippen molar-refractivity contribution in [1.82, 2.24) is 4.31 Å². The normalized spacial score (nSPS) is 11.3. The molecule has 2 aromatic rings. The minimum Gasteiger partial charge on any atom is -0.492 e. The predicted molar refractivity (Wildman–Crippen MR) is 97.1 cm³/mol. The number of anilines is 1. The highest BCUT2D eigenvalue weighted by Crippen LogP contribution is 2.24. The van der Waals surface area contributed by atoms with Crippen LogP contribution in [-0.4, -0.2) is 38.3 Å². The summed E-state index contributed by atoms with van der Waals surface area (Å²) in [4.78, 5) is 12.5. The van der Waals surface area contributed by atoms with Gasteiger partial charge in [-0.3, -0.25) is 4.79 Å². The summed E-state index contributed by atoms with van der Waals surface area (Å²) < 4.78 is 31.9. The van der Waals surface area contributed by atoms with Crippen molar-refractivity contribution in [2.24, 2.45) is 0 Å². The molecule has 0 aromatic heterocycles. The molecule has 0 spiro atoms. The fourth-order valence-electron chi connectivity index (χ4n) is 2.31. The number of nitrogens with one attached hydrogen (secondary N) is 1. The van der Waals surface area contributed by atoms with Crippen LogP contribution >= 0.6 is 0 Å².